The summed E-state index contributed by atoms with van der Waals surface area (Å²) in [5.41, 5.74) is 3.78. The minimum absolute atomic E-state index is 0.0972. The van der Waals surface area contributed by atoms with Crippen LogP contribution in [0.1, 0.15) is 224 Å². The molecule has 0 aliphatic rings. The zero-order valence-corrected chi connectivity index (χ0v) is 58.2. The van der Waals surface area contributed by atoms with Crippen molar-refractivity contribution in [3.63, 3.8) is 0 Å². The van der Waals surface area contributed by atoms with Gasteiger partial charge in [0, 0.05) is 6.07 Å². The Morgan fingerprint density at radius 2 is 0.656 bits per heavy atom. The number of esters is 3. The monoisotopic (exact) mass is 1240 g/mol. The number of phenolic OH excluding ortho intramolecular Hbond substituents is 6. The Balaban J connectivity index is 0.000000541. The molecule has 0 atom stereocenters. The van der Waals surface area contributed by atoms with Crippen LogP contribution in [0.4, 0.5) is 0 Å². The van der Waals surface area contributed by atoms with Crippen LogP contribution in [-0.4, -0.2) is 55.7 Å². The van der Waals surface area contributed by atoms with Gasteiger partial charge in [-0.25, -0.2) is 0 Å². The van der Waals surface area contributed by atoms with Crippen molar-refractivity contribution in [3.05, 3.63) is 156 Å². The van der Waals surface area contributed by atoms with Crippen molar-refractivity contribution in [2.45, 2.75) is 225 Å². The van der Waals surface area contributed by atoms with Gasteiger partial charge in [-0.2, -0.15) is 0 Å². The van der Waals surface area contributed by atoms with E-state index < -0.39 is 16.2 Å². The van der Waals surface area contributed by atoms with Crippen molar-refractivity contribution in [3.8, 4) is 57.5 Å². The van der Waals surface area contributed by atoms with Crippen LogP contribution in [-0.2, 0) is 30.6 Å². The molecule has 13 heteroatoms. The number of benzene rings is 6. The number of aromatic hydroxyl groups is 6. The maximum absolute atomic E-state index is 12.0. The molecule has 90 heavy (non-hydrogen) atoms. The third-order valence-corrected chi connectivity index (χ3v) is 19.3. The van der Waals surface area contributed by atoms with Crippen LogP contribution in [0.3, 0.4) is 0 Å². The molecular formula is C77H112O13. The second-order valence-electron chi connectivity index (χ2n) is 24.7. The van der Waals surface area contributed by atoms with Crippen molar-refractivity contribution in [1.29, 1.82) is 0 Å². The van der Waals surface area contributed by atoms with Crippen molar-refractivity contribution < 1.29 is 64.0 Å². The minimum Gasteiger partial charge on any atom is -0.508 e. The summed E-state index contributed by atoms with van der Waals surface area (Å²) in [5.74, 6) is 2.60. The van der Waals surface area contributed by atoms with Crippen LogP contribution in [0.15, 0.2) is 133 Å². The molecule has 0 amide bonds. The summed E-state index contributed by atoms with van der Waals surface area (Å²) in [6.45, 7) is 39.2. The highest BCUT2D eigenvalue weighted by Gasteiger charge is 2.34. The molecule has 6 aromatic rings. The molecule has 0 bridgehead atoms. The number of rotatable bonds is 22. The van der Waals surface area contributed by atoms with Crippen LogP contribution in [0.5, 0.6) is 57.5 Å². The molecule has 0 heterocycles. The summed E-state index contributed by atoms with van der Waals surface area (Å²) in [4.78, 5) is 35.8. The van der Waals surface area contributed by atoms with E-state index in [0.29, 0.717) is 40.1 Å². The number of phenols is 6. The fourth-order valence-electron chi connectivity index (χ4n) is 8.83. The highest BCUT2D eigenvalue weighted by Crippen LogP contribution is 2.38. The van der Waals surface area contributed by atoms with Gasteiger partial charge in [-0.05, 0) is 234 Å². The first kappa shape index (κ1) is 80.3. The lowest BCUT2D eigenvalue weighted by atomic mass is 9.78. The molecule has 0 spiro atoms. The fourth-order valence-corrected chi connectivity index (χ4v) is 8.83. The van der Waals surface area contributed by atoms with Gasteiger partial charge in [-0.1, -0.05) is 140 Å². The third kappa shape index (κ3) is 24.3. The first-order valence-corrected chi connectivity index (χ1v) is 32.3. The van der Waals surface area contributed by atoms with E-state index in [9.17, 15) is 34.8 Å². The van der Waals surface area contributed by atoms with Crippen LogP contribution >= 0.6 is 0 Å². The minimum atomic E-state index is -0.453. The summed E-state index contributed by atoms with van der Waals surface area (Å²) in [5, 5.41) is 55.8. The highest BCUT2D eigenvalue weighted by molar-refractivity contribution is 5.80. The SMILES string of the molecule is CCC(C)(CC)C(=O)Oc1ccc(O)c(C)c1.CCC(C)(CC)C(=O)Oc1ccc(O)cc1.CCC(C)(CC)C(=O)Oc1cccc(O)c1.CCC(C)(CC)c1ccc(O)c(OC)c1.CCC(C)(CC)c1ccc(O)cc1.CCC(C)(CC)c1cccc(O)c1. The summed E-state index contributed by atoms with van der Waals surface area (Å²) in [6, 6.07) is 38.0. The predicted octanol–water partition coefficient (Wildman–Crippen LogP) is 20.1. The first-order chi connectivity index (χ1) is 42.3. The van der Waals surface area contributed by atoms with E-state index >= 15 is 0 Å². The van der Waals surface area contributed by atoms with Crippen molar-refractivity contribution in [2.24, 2.45) is 16.2 Å². The molecule has 6 rings (SSSR count). The summed E-state index contributed by atoms with van der Waals surface area (Å²) < 4.78 is 21.0. The normalized spacial score (nSPS) is 11.4. The topological polar surface area (TPSA) is 210 Å². The third-order valence-electron chi connectivity index (χ3n) is 19.3. The van der Waals surface area contributed by atoms with Gasteiger partial charge in [0.1, 0.15) is 46.0 Å². The van der Waals surface area contributed by atoms with Gasteiger partial charge in [0.15, 0.2) is 11.5 Å². The van der Waals surface area contributed by atoms with E-state index in [4.69, 9.17) is 29.2 Å². The molecule has 13 nitrogen and oxygen atoms in total. The second kappa shape index (κ2) is 38.1. The highest BCUT2D eigenvalue weighted by atomic mass is 16.5. The lowest BCUT2D eigenvalue weighted by Gasteiger charge is -2.27. The smallest absolute Gasteiger partial charge is 0.317 e. The summed E-state index contributed by atoms with van der Waals surface area (Å²) >= 11 is 0. The van der Waals surface area contributed by atoms with E-state index in [1.54, 1.807) is 74.7 Å². The van der Waals surface area contributed by atoms with Gasteiger partial charge in [-0.15, -0.1) is 0 Å². The average molecular weight is 1250 g/mol. The van der Waals surface area contributed by atoms with E-state index in [1.165, 1.54) is 47.0 Å². The van der Waals surface area contributed by atoms with E-state index in [-0.39, 0.29) is 57.2 Å². The van der Waals surface area contributed by atoms with Crippen LogP contribution in [0, 0.1) is 23.2 Å². The number of hydrogen-bond acceptors (Lipinski definition) is 13. The van der Waals surface area contributed by atoms with Gasteiger partial charge >= 0.3 is 17.9 Å². The Labute approximate surface area is 540 Å². The van der Waals surface area contributed by atoms with Crippen LogP contribution in [0.25, 0.3) is 0 Å². The van der Waals surface area contributed by atoms with Gasteiger partial charge in [0.2, 0.25) is 0 Å². The lowest BCUT2D eigenvalue weighted by molar-refractivity contribution is -0.146. The van der Waals surface area contributed by atoms with Crippen molar-refractivity contribution in [2.75, 3.05) is 7.11 Å². The molecule has 0 saturated heterocycles. The lowest BCUT2D eigenvalue weighted by Crippen LogP contribution is -2.30. The number of carbonyl (C=O) groups excluding carboxylic acids is 3. The zero-order valence-electron chi connectivity index (χ0n) is 58.2. The van der Waals surface area contributed by atoms with Gasteiger partial charge in [0.25, 0.3) is 0 Å². The number of ether oxygens (including phenoxy) is 4. The predicted molar refractivity (Wildman–Crippen MR) is 367 cm³/mol. The fraction of sp³-hybridized carbons (Fsp3) is 0.494. The average Bonchev–Trinajstić information content (AvgIpc) is 2.53. The quantitative estimate of drug-likeness (QED) is 0.0276. The van der Waals surface area contributed by atoms with Crippen molar-refractivity contribution >= 4 is 17.9 Å². The van der Waals surface area contributed by atoms with E-state index in [0.717, 1.165) is 77.0 Å². The molecule has 0 aliphatic carbocycles. The first-order valence-electron chi connectivity index (χ1n) is 32.3. The Morgan fingerprint density at radius 1 is 0.333 bits per heavy atom. The number of methoxy groups -OCH3 is 1. The van der Waals surface area contributed by atoms with Gasteiger partial charge in [0.05, 0.1) is 23.4 Å². The molecular weight excluding hydrogens is 1130 g/mol. The standard InChI is InChI=1S/C14H20O3.2C13H18O3.C13H20O2.2C12H18O/c1-5-14(4,6-2)13(16)17-11-7-8-12(15)10(3)9-11;1-4-13(3,5-2)12(15)16-11-8-6-10(14)7-9-11;1-4-13(3,5-2)12(15)16-11-8-6-7-10(14)9-11;1-5-13(3,6-2)10-7-8-11(14)12(9-10)15-4;1-4-12(3,5-2)10-6-8-11(13)9-7-10;1-4-12(3,5-2)10-7-6-8-11(13)9-10/h7-9,15H,5-6H2,1-4H3;2*6-9,14H,4-5H2,1-3H3;7-9,14H,5-6H2,1-4H3;2*6-9,13H,4-5H2,1-3H3. The molecule has 0 aromatic heterocycles. The summed E-state index contributed by atoms with van der Waals surface area (Å²) in [7, 11) is 1.58. The molecule has 6 N–H and O–H groups in total. The van der Waals surface area contributed by atoms with Crippen LogP contribution in [0.2, 0.25) is 0 Å². The second-order valence-corrected chi connectivity index (χ2v) is 24.7. The van der Waals surface area contributed by atoms with Gasteiger partial charge in [-0.3, -0.25) is 14.4 Å². The maximum atomic E-state index is 12.0. The van der Waals surface area contributed by atoms with E-state index in [2.05, 4.69) is 68.4 Å². The Bertz CT molecular complexity index is 3050. The van der Waals surface area contributed by atoms with Crippen molar-refractivity contribution in [1.82, 2.24) is 0 Å². The Morgan fingerprint density at radius 3 is 1.02 bits per heavy atom. The van der Waals surface area contributed by atoms with Crippen LogP contribution < -0.4 is 18.9 Å². The number of carbonyl (C=O) groups is 3. The molecule has 0 fully saturated rings. The molecule has 6 aromatic carbocycles. The Hall–Kier alpha value is -7.67. The molecule has 0 radical (unpaired) electrons. The number of aryl methyl sites for hydroxylation is 1. The Kier molecular flexibility index (Phi) is 34.0. The molecule has 0 aliphatic heterocycles. The van der Waals surface area contributed by atoms with Gasteiger partial charge < -0.3 is 49.6 Å². The molecule has 0 unspecified atom stereocenters. The molecule has 498 valence electrons. The van der Waals surface area contributed by atoms with E-state index in [1.807, 2.05) is 98.7 Å². The maximum Gasteiger partial charge on any atom is 0.317 e. The zero-order chi connectivity index (χ0) is 68.7. The summed E-state index contributed by atoms with van der Waals surface area (Å²) in [6.07, 6.45) is 11.1. The molecule has 0 saturated carbocycles. The number of hydrogen-bond donors (Lipinski definition) is 6. The largest absolute Gasteiger partial charge is 0.508 e.